The zero-order valence-corrected chi connectivity index (χ0v) is 12.5. The van der Waals surface area contributed by atoms with Crippen LogP contribution in [0.5, 0.6) is 5.75 Å². The molecule has 1 aliphatic heterocycles. The number of nitrogens with zero attached hydrogens (tertiary/aromatic N) is 1. The van der Waals surface area contributed by atoms with Crippen LogP contribution in [-0.2, 0) is 14.3 Å². The number of carboxylic acid groups (broad SMARTS) is 1. The van der Waals surface area contributed by atoms with E-state index in [-0.39, 0.29) is 25.7 Å². The highest BCUT2D eigenvalue weighted by Crippen LogP contribution is 2.20. The van der Waals surface area contributed by atoms with Gasteiger partial charge in [-0.05, 0) is 22.9 Å². The van der Waals surface area contributed by atoms with Crippen LogP contribution in [0.4, 0.5) is 0 Å². The lowest BCUT2D eigenvalue weighted by molar-refractivity contribution is -0.159. The number of hydrogen-bond donors (Lipinski definition) is 1. The van der Waals surface area contributed by atoms with Crippen molar-refractivity contribution in [1.82, 2.24) is 4.90 Å². The van der Waals surface area contributed by atoms with E-state index in [0.29, 0.717) is 12.4 Å². The maximum Gasteiger partial charge on any atom is 0.328 e. The van der Waals surface area contributed by atoms with Crippen molar-refractivity contribution in [2.45, 2.75) is 6.04 Å². The molecule has 0 aromatic heterocycles. The summed E-state index contributed by atoms with van der Waals surface area (Å²) < 4.78 is 10.7. The van der Waals surface area contributed by atoms with Gasteiger partial charge >= 0.3 is 5.97 Å². The first kappa shape index (κ1) is 15.3. The van der Waals surface area contributed by atoms with Crippen molar-refractivity contribution < 1.29 is 24.2 Å². The van der Waals surface area contributed by atoms with E-state index in [1.807, 2.05) is 36.4 Å². The summed E-state index contributed by atoms with van der Waals surface area (Å²) in [6, 6.07) is 12.5. The van der Waals surface area contributed by atoms with E-state index >= 15 is 0 Å². The molecule has 2 aromatic rings. The molecule has 120 valence electrons. The number of fused-ring (bicyclic) bond motifs is 1. The molecule has 0 aliphatic carbocycles. The fourth-order valence-electron chi connectivity index (χ4n) is 2.59. The van der Waals surface area contributed by atoms with Crippen molar-refractivity contribution in [3.05, 3.63) is 42.5 Å². The van der Waals surface area contributed by atoms with Crippen LogP contribution in [0.25, 0.3) is 10.8 Å². The van der Waals surface area contributed by atoms with Gasteiger partial charge in [-0.2, -0.15) is 0 Å². The molecule has 1 N–H and O–H groups in total. The van der Waals surface area contributed by atoms with Crippen molar-refractivity contribution in [1.29, 1.82) is 0 Å². The number of carboxylic acids is 1. The predicted octanol–water partition coefficient (Wildman–Crippen LogP) is 1.53. The molecule has 1 heterocycles. The van der Waals surface area contributed by atoms with Crippen LogP contribution in [0.1, 0.15) is 0 Å². The Morgan fingerprint density at radius 3 is 2.78 bits per heavy atom. The molecule has 3 rings (SSSR count). The average Bonchev–Trinajstić information content (AvgIpc) is 2.59. The molecule has 1 unspecified atom stereocenters. The van der Waals surface area contributed by atoms with Crippen molar-refractivity contribution in [2.75, 3.05) is 26.4 Å². The Bertz CT molecular complexity index is 730. The number of aliphatic carboxylic acids is 1. The van der Waals surface area contributed by atoms with Gasteiger partial charge in [0.1, 0.15) is 5.75 Å². The number of amides is 1. The van der Waals surface area contributed by atoms with Crippen LogP contribution < -0.4 is 4.74 Å². The molecule has 6 heteroatoms. The van der Waals surface area contributed by atoms with Gasteiger partial charge in [0.25, 0.3) is 5.91 Å². The third-order valence-electron chi connectivity index (χ3n) is 3.82. The second kappa shape index (κ2) is 6.66. The minimum absolute atomic E-state index is 0.0110. The van der Waals surface area contributed by atoms with E-state index in [1.54, 1.807) is 6.07 Å². The molecule has 1 atom stereocenters. The van der Waals surface area contributed by atoms with E-state index in [0.717, 1.165) is 10.8 Å². The van der Waals surface area contributed by atoms with E-state index in [1.165, 1.54) is 4.90 Å². The second-order valence-corrected chi connectivity index (χ2v) is 5.31. The highest BCUT2D eigenvalue weighted by molar-refractivity contribution is 5.85. The molecule has 0 spiro atoms. The molecule has 1 amide bonds. The van der Waals surface area contributed by atoms with E-state index in [4.69, 9.17) is 14.6 Å². The van der Waals surface area contributed by atoms with Gasteiger partial charge in [-0.15, -0.1) is 0 Å². The summed E-state index contributed by atoms with van der Waals surface area (Å²) in [5, 5.41) is 11.3. The smallest absolute Gasteiger partial charge is 0.328 e. The van der Waals surface area contributed by atoms with Gasteiger partial charge in [0.15, 0.2) is 12.6 Å². The molecule has 1 saturated heterocycles. The number of carbonyl (C=O) groups is 2. The molecule has 1 fully saturated rings. The van der Waals surface area contributed by atoms with Gasteiger partial charge in [0, 0.05) is 6.54 Å². The molecular weight excluding hydrogens is 298 g/mol. The van der Waals surface area contributed by atoms with Gasteiger partial charge in [-0.25, -0.2) is 4.79 Å². The largest absolute Gasteiger partial charge is 0.484 e. The number of hydrogen-bond acceptors (Lipinski definition) is 4. The zero-order chi connectivity index (χ0) is 16.2. The highest BCUT2D eigenvalue weighted by atomic mass is 16.5. The summed E-state index contributed by atoms with van der Waals surface area (Å²) in [5.74, 6) is -0.838. The van der Waals surface area contributed by atoms with Crippen molar-refractivity contribution >= 4 is 22.6 Å². The molecule has 0 bridgehead atoms. The fourth-order valence-corrected chi connectivity index (χ4v) is 2.59. The standard InChI is InChI=1S/C17H17NO5/c19-16(18-7-8-22-10-15(18)17(20)21)11-23-14-6-5-12-3-1-2-4-13(12)9-14/h1-6,9,15H,7-8,10-11H2,(H,20,21). The summed E-state index contributed by atoms with van der Waals surface area (Å²) in [7, 11) is 0. The van der Waals surface area contributed by atoms with Gasteiger partial charge in [0.05, 0.1) is 13.2 Å². The van der Waals surface area contributed by atoms with Gasteiger partial charge in [-0.1, -0.05) is 30.3 Å². The lowest BCUT2D eigenvalue weighted by Gasteiger charge is -2.32. The Kier molecular flexibility index (Phi) is 4.43. The molecular formula is C17H17NO5. The van der Waals surface area contributed by atoms with Crippen LogP contribution in [0.3, 0.4) is 0 Å². The number of carbonyl (C=O) groups excluding carboxylic acids is 1. The van der Waals surface area contributed by atoms with Crippen LogP contribution in [0, 0.1) is 0 Å². The molecule has 2 aromatic carbocycles. The topological polar surface area (TPSA) is 76.1 Å². The average molecular weight is 315 g/mol. The summed E-state index contributed by atoms with van der Waals surface area (Å²) in [6.45, 7) is 0.418. The quantitative estimate of drug-likeness (QED) is 0.926. The van der Waals surface area contributed by atoms with Gasteiger partial charge in [0.2, 0.25) is 0 Å². The monoisotopic (exact) mass is 315 g/mol. The van der Waals surface area contributed by atoms with Crippen LogP contribution in [0.15, 0.2) is 42.5 Å². The zero-order valence-electron chi connectivity index (χ0n) is 12.5. The maximum atomic E-state index is 12.2. The van der Waals surface area contributed by atoms with E-state index in [2.05, 4.69) is 0 Å². The fraction of sp³-hybridized carbons (Fsp3) is 0.294. The minimum atomic E-state index is -1.07. The minimum Gasteiger partial charge on any atom is -0.484 e. The molecule has 0 radical (unpaired) electrons. The van der Waals surface area contributed by atoms with E-state index < -0.39 is 12.0 Å². The lowest BCUT2D eigenvalue weighted by Crippen LogP contribution is -2.53. The molecule has 23 heavy (non-hydrogen) atoms. The Hall–Kier alpha value is -2.60. The Labute approximate surface area is 133 Å². The first-order valence-electron chi connectivity index (χ1n) is 7.37. The lowest BCUT2D eigenvalue weighted by atomic mass is 10.1. The summed E-state index contributed by atoms with van der Waals surface area (Å²) in [5.41, 5.74) is 0. The van der Waals surface area contributed by atoms with Gasteiger partial charge in [-0.3, -0.25) is 4.79 Å². The van der Waals surface area contributed by atoms with Crippen molar-refractivity contribution in [3.8, 4) is 5.75 Å². The van der Waals surface area contributed by atoms with E-state index in [9.17, 15) is 9.59 Å². The molecule has 6 nitrogen and oxygen atoms in total. The number of ether oxygens (including phenoxy) is 2. The predicted molar refractivity (Wildman–Crippen MR) is 83.4 cm³/mol. The normalized spacial score (nSPS) is 17.9. The summed E-state index contributed by atoms with van der Waals surface area (Å²) in [4.78, 5) is 24.7. The maximum absolute atomic E-state index is 12.2. The molecule has 1 aliphatic rings. The number of benzene rings is 2. The van der Waals surface area contributed by atoms with Crippen molar-refractivity contribution in [3.63, 3.8) is 0 Å². The number of morpholine rings is 1. The Morgan fingerprint density at radius 2 is 2.00 bits per heavy atom. The van der Waals surface area contributed by atoms with Gasteiger partial charge < -0.3 is 19.5 Å². The first-order valence-corrected chi connectivity index (χ1v) is 7.37. The molecule has 0 saturated carbocycles. The Morgan fingerprint density at radius 1 is 1.22 bits per heavy atom. The third-order valence-corrected chi connectivity index (χ3v) is 3.82. The van der Waals surface area contributed by atoms with Crippen molar-refractivity contribution in [2.24, 2.45) is 0 Å². The summed E-state index contributed by atoms with van der Waals surface area (Å²) in [6.07, 6.45) is 0. The van der Waals surface area contributed by atoms with Crippen LogP contribution >= 0.6 is 0 Å². The third kappa shape index (κ3) is 3.43. The van der Waals surface area contributed by atoms with Crippen LogP contribution in [0.2, 0.25) is 0 Å². The SMILES string of the molecule is O=C(O)C1COCCN1C(=O)COc1ccc2ccccc2c1. The first-order chi connectivity index (χ1) is 11.1. The Balaban J connectivity index is 1.66. The second-order valence-electron chi connectivity index (χ2n) is 5.31. The number of rotatable bonds is 4. The highest BCUT2D eigenvalue weighted by Gasteiger charge is 2.32. The summed E-state index contributed by atoms with van der Waals surface area (Å²) >= 11 is 0. The van der Waals surface area contributed by atoms with Crippen LogP contribution in [-0.4, -0.2) is 54.3 Å².